The number of carbonyl (C=O) groups excluding carboxylic acids is 1. The van der Waals surface area contributed by atoms with E-state index in [1.165, 1.54) is 38.5 Å². The number of fused-ring (bicyclic) bond motifs is 5. The predicted octanol–water partition coefficient (Wildman–Crippen LogP) is 4.86. The Morgan fingerprint density at radius 2 is 1.93 bits per heavy atom. The molecular formula is C25H38N2O2. The van der Waals surface area contributed by atoms with Crippen LogP contribution in [0.1, 0.15) is 78.1 Å². The summed E-state index contributed by atoms with van der Waals surface area (Å²) in [7, 11) is 0. The van der Waals surface area contributed by atoms with Crippen molar-refractivity contribution in [1.82, 2.24) is 9.78 Å². The van der Waals surface area contributed by atoms with Gasteiger partial charge in [-0.15, -0.1) is 0 Å². The topological polar surface area (TPSA) is 55.1 Å². The molecule has 4 saturated carbocycles. The molecule has 4 heteroatoms. The maximum absolute atomic E-state index is 13.2. The van der Waals surface area contributed by atoms with Crippen LogP contribution in [0.2, 0.25) is 0 Å². The number of nitrogens with zero attached hydrogens (tertiary/aromatic N) is 2. The first-order valence-corrected chi connectivity index (χ1v) is 12.2. The van der Waals surface area contributed by atoms with Gasteiger partial charge in [0.1, 0.15) is 0 Å². The highest BCUT2D eigenvalue weighted by atomic mass is 16.3. The smallest absolute Gasteiger partial charge is 0.157 e. The van der Waals surface area contributed by atoms with Gasteiger partial charge in [-0.3, -0.25) is 9.48 Å². The molecule has 1 N–H and O–H groups in total. The van der Waals surface area contributed by atoms with Gasteiger partial charge in [-0.05, 0) is 105 Å². The maximum atomic E-state index is 13.2. The van der Waals surface area contributed by atoms with Gasteiger partial charge in [-0.1, -0.05) is 13.8 Å². The first kappa shape index (κ1) is 19.8. The summed E-state index contributed by atoms with van der Waals surface area (Å²) in [6.07, 6.45) is 15.3. The molecule has 0 saturated heterocycles. The number of rotatable bonds is 4. The third-order valence-electron chi connectivity index (χ3n) is 10.0. The first-order valence-electron chi connectivity index (χ1n) is 12.2. The van der Waals surface area contributed by atoms with Gasteiger partial charge in [0.2, 0.25) is 0 Å². The highest BCUT2D eigenvalue weighted by Crippen LogP contribution is 2.64. The van der Waals surface area contributed by atoms with E-state index in [9.17, 15) is 9.90 Å². The van der Waals surface area contributed by atoms with Crippen LogP contribution < -0.4 is 0 Å². The van der Waals surface area contributed by atoms with Crippen LogP contribution in [0.3, 0.4) is 0 Å². The van der Waals surface area contributed by atoms with E-state index in [2.05, 4.69) is 18.9 Å². The van der Waals surface area contributed by atoms with Crippen LogP contribution >= 0.6 is 0 Å². The normalized spacial score (nSPS) is 46.6. The molecular weight excluding hydrogens is 360 g/mol. The molecule has 5 rings (SSSR count). The van der Waals surface area contributed by atoms with Crippen molar-refractivity contribution in [2.75, 3.05) is 0 Å². The average molecular weight is 399 g/mol. The van der Waals surface area contributed by atoms with Crippen LogP contribution in [0.5, 0.6) is 0 Å². The maximum Gasteiger partial charge on any atom is 0.157 e. The zero-order valence-electron chi connectivity index (χ0n) is 18.2. The molecule has 1 aromatic rings. The lowest BCUT2D eigenvalue weighted by atomic mass is 9.48. The minimum Gasteiger partial charge on any atom is -0.390 e. The standard InChI is InChI=1S/C25H38N2O2/c1-3-25(29)12-10-18-17(15-25)5-6-20-19(18)9-11-24(2)21(20)7-8-22(24)23(28)16-27-14-4-13-26-27/h4,13-14,17-22,29H,3,5-12,15-16H2,1-2H3/t17-,18-,19+,20+,21-,22+,24-,25+/m0/s1. The molecule has 8 atom stereocenters. The highest BCUT2D eigenvalue weighted by molar-refractivity contribution is 5.82. The van der Waals surface area contributed by atoms with Crippen LogP contribution in [-0.4, -0.2) is 26.3 Å². The molecule has 29 heavy (non-hydrogen) atoms. The van der Waals surface area contributed by atoms with Gasteiger partial charge in [0.05, 0.1) is 12.1 Å². The summed E-state index contributed by atoms with van der Waals surface area (Å²) in [4.78, 5) is 13.2. The molecule has 0 radical (unpaired) electrons. The van der Waals surface area contributed by atoms with Crippen molar-refractivity contribution in [3.8, 4) is 0 Å². The number of ketones is 1. The average Bonchev–Trinajstić information content (AvgIpc) is 3.34. The van der Waals surface area contributed by atoms with Crippen molar-refractivity contribution in [3.05, 3.63) is 18.5 Å². The van der Waals surface area contributed by atoms with Crippen LogP contribution in [0.4, 0.5) is 0 Å². The molecule has 1 aromatic heterocycles. The molecule has 160 valence electrons. The van der Waals surface area contributed by atoms with Crippen molar-refractivity contribution in [2.45, 2.75) is 90.2 Å². The van der Waals surface area contributed by atoms with Crippen LogP contribution in [0.15, 0.2) is 18.5 Å². The van der Waals surface area contributed by atoms with E-state index in [-0.39, 0.29) is 11.3 Å². The summed E-state index contributed by atoms with van der Waals surface area (Å²) in [5.74, 6) is 4.55. The summed E-state index contributed by atoms with van der Waals surface area (Å²) in [5, 5.41) is 15.1. The van der Waals surface area contributed by atoms with E-state index in [0.29, 0.717) is 12.3 Å². The molecule has 4 fully saturated rings. The molecule has 0 aliphatic heterocycles. The zero-order valence-corrected chi connectivity index (χ0v) is 18.2. The first-order chi connectivity index (χ1) is 13.9. The number of aromatic nitrogens is 2. The van der Waals surface area contributed by atoms with Gasteiger partial charge < -0.3 is 5.11 Å². The lowest BCUT2D eigenvalue weighted by Crippen LogP contribution is -2.51. The Morgan fingerprint density at radius 1 is 1.10 bits per heavy atom. The monoisotopic (exact) mass is 398 g/mol. The lowest BCUT2D eigenvalue weighted by molar-refractivity contribution is -0.133. The van der Waals surface area contributed by atoms with E-state index in [4.69, 9.17) is 0 Å². The van der Waals surface area contributed by atoms with Crippen molar-refractivity contribution >= 4 is 5.78 Å². The summed E-state index contributed by atoms with van der Waals surface area (Å²) >= 11 is 0. The Hall–Kier alpha value is -1.16. The Labute approximate surface area is 175 Å². The van der Waals surface area contributed by atoms with Crippen molar-refractivity contribution in [1.29, 1.82) is 0 Å². The van der Waals surface area contributed by atoms with Crippen molar-refractivity contribution in [3.63, 3.8) is 0 Å². The number of hydrogen-bond acceptors (Lipinski definition) is 3. The molecule has 0 spiro atoms. The fourth-order valence-corrected chi connectivity index (χ4v) is 8.48. The molecule has 0 aromatic carbocycles. The van der Waals surface area contributed by atoms with Gasteiger partial charge in [-0.2, -0.15) is 5.10 Å². The quantitative estimate of drug-likeness (QED) is 0.788. The minimum atomic E-state index is -0.394. The fourth-order valence-electron chi connectivity index (χ4n) is 8.48. The second-order valence-corrected chi connectivity index (χ2v) is 11.1. The molecule has 4 aliphatic carbocycles. The number of aliphatic hydroxyl groups is 1. The van der Waals surface area contributed by atoms with Gasteiger partial charge >= 0.3 is 0 Å². The number of Topliss-reactive ketones (excluding diaryl/α,β-unsaturated/α-hetero) is 1. The zero-order chi connectivity index (χ0) is 20.2. The van der Waals surface area contributed by atoms with Gasteiger partial charge in [0, 0.05) is 18.3 Å². The lowest BCUT2D eigenvalue weighted by Gasteiger charge is -2.57. The third kappa shape index (κ3) is 3.21. The van der Waals surface area contributed by atoms with Crippen molar-refractivity contribution in [2.24, 2.45) is 40.9 Å². The second kappa shape index (κ2) is 7.21. The fraction of sp³-hybridized carbons (Fsp3) is 0.840. The van der Waals surface area contributed by atoms with E-state index in [1.54, 1.807) is 10.9 Å². The predicted molar refractivity (Wildman–Crippen MR) is 113 cm³/mol. The molecule has 0 amide bonds. The summed E-state index contributed by atoms with van der Waals surface area (Å²) in [5.41, 5.74) is -0.203. The van der Waals surface area contributed by atoms with Gasteiger partial charge in [0.25, 0.3) is 0 Å². The molecule has 4 aliphatic rings. The van der Waals surface area contributed by atoms with Gasteiger partial charge in [-0.25, -0.2) is 0 Å². The van der Waals surface area contributed by atoms with Crippen LogP contribution in [0, 0.1) is 40.9 Å². The van der Waals surface area contributed by atoms with Crippen molar-refractivity contribution < 1.29 is 9.90 Å². The Kier molecular flexibility index (Phi) is 4.92. The van der Waals surface area contributed by atoms with E-state index < -0.39 is 5.60 Å². The Morgan fingerprint density at radius 3 is 2.69 bits per heavy atom. The van der Waals surface area contributed by atoms with Gasteiger partial charge in [0.15, 0.2) is 5.78 Å². The number of carbonyl (C=O) groups is 1. The third-order valence-corrected chi connectivity index (χ3v) is 10.0. The molecule has 0 unspecified atom stereocenters. The minimum absolute atomic E-state index is 0.192. The van der Waals surface area contributed by atoms with E-state index in [1.807, 2.05) is 12.3 Å². The second-order valence-electron chi connectivity index (χ2n) is 11.1. The highest BCUT2D eigenvalue weighted by Gasteiger charge is 2.58. The van der Waals surface area contributed by atoms with Crippen LogP contribution in [-0.2, 0) is 11.3 Å². The summed E-state index contributed by atoms with van der Waals surface area (Å²) in [6.45, 7) is 5.03. The number of hydrogen-bond donors (Lipinski definition) is 1. The van der Waals surface area contributed by atoms with E-state index >= 15 is 0 Å². The molecule has 4 nitrogen and oxygen atoms in total. The largest absolute Gasteiger partial charge is 0.390 e. The summed E-state index contributed by atoms with van der Waals surface area (Å²) < 4.78 is 1.80. The Balaban J connectivity index is 1.31. The van der Waals surface area contributed by atoms with Crippen LogP contribution in [0.25, 0.3) is 0 Å². The molecule has 0 bridgehead atoms. The van der Waals surface area contributed by atoms with E-state index in [0.717, 1.165) is 55.3 Å². The molecule has 1 heterocycles. The summed E-state index contributed by atoms with van der Waals surface area (Å²) in [6, 6.07) is 1.90. The Bertz CT molecular complexity index is 746. The SMILES string of the molecule is CC[C@@]1(O)CC[C@H]2[C@@H](CC[C@@H]3[C@@H]2CC[C@]2(C)[C@@H](C(=O)Cn4cccn4)CC[C@@H]32)C1.